The zero-order valence-electron chi connectivity index (χ0n) is 4.19. The second kappa shape index (κ2) is 32.6. The SMILES string of the molecule is O.[Ca+2].[Cl-].[Fe+3].[O-]B([O-])[O-].[OH-]. The van der Waals surface area contributed by atoms with Crippen molar-refractivity contribution in [3.8, 4) is 0 Å². The Balaban J connectivity index is -0.00000000450. The molecular weight excluding hydrogens is 222 g/mol. The summed E-state index contributed by atoms with van der Waals surface area (Å²) < 4.78 is 0. The molecular formula is H3BCaClFeO5. The summed E-state index contributed by atoms with van der Waals surface area (Å²) in [6.45, 7) is 0. The first kappa shape index (κ1) is 44.3. The number of halogens is 1. The van der Waals surface area contributed by atoms with Gasteiger partial charge in [-0.15, -0.1) is 0 Å². The van der Waals surface area contributed by atoms with Gasteiger partial charge in [-0.3, -0.25) is 7.32 Å². The second-order valence-electron chi connectivity index (χ2n) is 0.289. The van der Waals surface area contributed by atoms with Crippen LogP contribution in [-0.4, -0.2) is 56.0 Å². The average molecular weight is 225 g/mol. The first-order valence-electron chi connectivity index (χ1n) is 0.707. The normalized spacial score (nSPS) is 3.00. The van der Waals surface area contributed by atoms with Crippen LogP contribution in [0.3, 0.4) is 0 Å². The quantitative estimate of drug-likeness (QED) is 0.379. The van der Waals surface area contributed by atoms with Crippen LogP contribution in [0.5, 0.6) is 0 Å². The smallest absolute Gasteiger partial charge is 1.00 e. The van der Waals surface area contributed by atoms with Crippen molar-refractivity contribution in [3.05, 3.63) is 0 Å². The standard InChI is InChI=1S/BO3.Ca.ClH.Fe.2H2O/c2-1(3)4;;;;;/h;;1H;;2*1H2/q-3;+2;;+3;;/p-2. The Labute approximate surface area is 99.5 Å². The molecule has 0 rings (SSSR count). The monoisotopic (exact) mass is 225 g/mol. The van der Waals surface area contributed by atoms with E-state index in [1.165, 1.54) is 0 Å². The van der Waals surface area contributed by atoms with Gasteiger partial charge in [0.1, 0.15) is 0 Å². The van der Waals surface area contributed by atoms with E-state index < -0.39 is 7.32 Å². The first-order valence-corrected chi connectivity index (χ1v) is 0.707. The van der Waals surface area contributed by atoms with Crippen molar-refractivity contribution >= 4 is 45.1 Å². The van der Waals surface area contributed by atoms with Crippen molar-refractivity contribution in [2.75, 3.05) is 0 Å². The Morgan fingerprint density at radius 2 is 1.00 bits per heavy atom. The Kier molecular flexibility index (Phi) is 160. The largest absolute Gasteiger partial charge is 3.00 e. The van der Waals surface area contributed by atoms with Crippen LogP contribution in [0, 0.1) is 0 Å². The summed E-state index contributed by atoms with van der Waals surface area (Å²) in [5.74, 6) is 0. The van der Waals surface area contributed by atoms with Gasteiger partial charge in [0, 0.05) is 0 Å². The van der Waals surface area contributed by atoms with Gasteiger partial charge in [0.25, 0.3) is 0 Å². The first-order chi connectivity index (χ1) is 1.73. The van der Waals surface area contributed by atoms with Crippen molar-refractivity contribution in [2.24, 2.45) is 0 Å². The molecule has 0 aromatic rings. The Morgan fingerprint density at radius 1 is 1.00 bits per heavy atom. The van der Waals surface area contributed by atoms with Gasteiger partial charge in [0.05, 0.1) is 0 Å². The van der Waals surface area contributed by atoms with Crippen LogP contribution < -0.4 is 27.5 Å². The van der Waals surface area contributed by atoms with Gasteiger partial charge in [-0.1, -0.05) is 0 Å². The molecule has 0 fully saturated rings. The van der Waals surface area contributed by atoms with Gasteiger partial charge in [0.2, 0.25) is 0 Å². The van der Waals surface area contributed by atoms with Gasteiger partial charge in [-0.05, 0) is 0 Å². The molecule has 0 aliphatic carbocycles. The van der Waals surface area contributed by atoms with Gasteiger partial charge >= 0.3 is 54.8 Å². The third-order valence-corrected chi connectivity index (χ3v) is 0. The number of hydrogen-bond donors (Lipinski definition) is 0. The molecule has 0 aromatic heterocycles. The fourth-order valence-corrected chi connectivity index (χ4v) is 0. The average Bonchev–Trinajstić information content (AvgIpc) is 0.811. The maximum atomic E-state index is 8.42. The van der Waals surface area contributed by atoms with Crippen molar-refractivity contribution < 1.29 is 55.5 Å². The van der Waals surface area contributed by atoms with E-state index in [0.29, 0.717) is 0 Å². The molecule has 0 saturated heterocycles. The molecule has 0 heterocycles. The summed E-state index contributed by atoms with van der Waals surface area (Å²) in [7, 11) is -2.92. The summed E-state index contributed by atoms with van der Waals surface area (Å²) in [5, 5.41) is 25.2. The van der Waals surface area contributed by atoms with Crippen molar-refractivity contribution in [1.82, 2.24) is 0 Å². The van der Waals surface area contributed by atoms with E-state index in [-0.39, 0.29) is 78.2 Å². The minimum atomic E-state index is -2.92. The predicted octanol–water partition coefficient (Wildman–Crippen LogP) is -8.33. The van der Waals surface area contributed by atoms with Crippen LogP contribution in [0.1, 0.15) is 0 Å². The molecule has 0 amide bonds. The van der Waals surface area contributed by atoms with E-state index in [1.807, 2.05) is 0 Å². The molecule has 0 aromatic carbocycles. The Morgan fingerprint density at radius 3 is 1.00 bits per heavy atom. The van der Waals surface area contributed by atoms with Crippen LogP contribution in [0.25, 0.3) is 0 Å². The predicted molar refractivity (Wildman–Crippen MR) is 17.1 cm³/mol. The van der Waals surface area contributed by atoms with Crippen LogP contribution in [0.15, 0.2) is 0 Å². The van der Waals surface area contributed by atoms with Gasteiger partial charge in [-0.25, -0.2) is 0 Å². The third-order valence-electron chi connectivity index (χ3n) is 0. The van der Waals surface area contributed by atoms with E-state index in [9.17, 15) is 0 Å². The fraction of sp³-hybridized carbons (Fsp3) is 0. The molecule has 0 aliphatic rings. The summed E-state index contributed by atoms with van der Waals surface area (Å²) in [6, 6.07) is 0. The molecule has 0 bridgehead atoms. The molecule has 0 spiro atoms. The van der Waals surface area contributed by atoms with Crippen LogP contribution in [-0.2, 0) is 17.1 Å². The van der Waals surface area contributed by atoms with Crippen LogP contribution in [0.2, 0.25) is 0 Å². The van der Waals surface area contributed by atoms with Gasteiger partial charge in [-0.2, -0.15) is 0 Å². The molecule has 1 radical (unpaired) electrons. The molecule has 0 aliphatic heterocycles. The summed E-state index contributed by atoms with van der Waals surface area (Å²) in [5.41, 5.74) is 0. The van der Waals surface area contributed by atoms with E-state index >= 15 is 0 Å². The minimum Gasteiger partial charge on any atom is -1.00 e. The third kappa shape index (κ3) is 167. The van der Waals surface area contributed by atoms with E-state index in [0.717, 1.165) is 0 Å². The molecule has 0 atom stereocenters. The molecule has 9 heteroatoms. The maximum Gasteiger partial charge on any atom is 3.00 e. The van der Waals surface area contributed by atoms with E-state index in [1.54, 1.807) is 0 Å². The summed E-state index contributed by atoms with van der Waals surface area (Å²) >= 11 is 0. The molecule has 0 saturated carbocycles. The molecule has 3 N–H and O–H groups in total. The number of hydrogen-bond acceptors (Lipinski definition) is 4. The zero-order valence-corrected chi connectivity index (χ0v) is 8.26. The van der Waals surface area contributed by atoms with E-state index in [2.05, 4.69) is 0 Å². The van der Waals surface area contributed by atoms with Crippen LogP contribution >= 0.6 is 0 Å². The topological polar surface area (TPSA) is 131 Å². The summed E-state index contributed by atoms with van der Waals surface area (Å²) in [4.78, 5) is 0. The molecule has 53 valence electrons. The van der Waals surface area contributed by atoms with Gasteiger partial charge in [0.15, 0.2) is 0 Å². The minimum absolute atomic E-state index is 0. The van der Waals surface area contributed by atoms with Gasteiger partial charge < -0.3 is 38.4 Å². The van der Waals surface area contributed by atoms with Crippen LogP contribution in [0.4, 0.5) is 0 Å². The van der Waals surface area contributed by atoms with E-state index in [4.69, 9.17) is 15.1 Å². The fourth-order valence-electron chi connectivity index (χ4n) is 0. The molecule has 5 nitrogen and oxygen atoms in total. The maximum absolute atomic E-state index is 8.42. The zero-order chi connectivity index (χ0) is 3.58. The Hall–Kier alpha value is 1.93. The molecule has 9 heavy (non-hydrogen) atoms. The second-order valence-corrected chi connectivity index (χ2v) is 0.289. The number of rotatable bonds is 0. The van der Waals surface area contributed by atoms with Crippen molar-refractivity contribution in [3.63, 3.8) is 0 Å². The van der Waals surface area contributed by atoms with Crippen molar-refractivity contribution in [2.45, 2.75) is 0 Å². The molecule has 0 unspecified atom stereocenters. The summed E-state index contributed by atoms with van der Waals surface area (Å²) in [6.07, 6.45) is 0. The van der Waals surface area contributed by atoms with Crippen molar-refractivity contribution in [1.29, 1.82) is 0 Å². The Bertz CT molecular complexity index is 21.7.